The second-order valence-electron chi connectivity index (χ2n) is 4.36. The van der Waals surface area contributed by atoms with Crippen LogP contribution in [0.4, 0.5) is 18.9 Å². The maximum absolute atomic E-state index is 12.6. The van der Waals surface area contributed by atoms with Crippen molar-refractivity contribution < 1.29 is 22.8 Å². The molecule has 0 aliphatic heterocycles. The number of nitro benzene ring substituents is 1. The topological polar surface area (TPSA) is 52.4 Å². The third-order valence-electron chi connectivity index (χ3n) is 2.77. The number of hydrogen-bond donors (Lipinski definition) is 0. The first-order valence-electron chi connectivity index (χ1n) is 6.00. The van der Waals surface area contributed by atoms with Gasteiger partial charge in [-0.05, 0) is 23.8 Å². The Kier molecular flexibility index (Phi) is 4.56. The van der Waals surface area contributed by atoms with E-state index >= 15 is 0 Å². The normalized spacial score (nSPS) is 11.3. The predicted molar refractivity (Wildman–Crippen MR) is 73.9 cm³/mol. The smallest absolute Gasteiger partial charge is 0.416 e. The predicted octanol–water partition coefficient (Wildman–Crippen LogP) is 4.85. The lowest BCUT2D eigenvalue weighted by Gasteiger charge is -2.10. The van der Waals surface area contributed by atoms with Gasteiger partial charge in [-0.2, -0.15) is 13.2 Å². The fraction of sp³-hybridized carbons (Fsp3) is 0.143. The van der Waals surface area contributed by atoms with Gasteiger partial charge in [0.1, 0.15) is 12.4 Å². The minimum atomic E-state index is -4.43. The molecule has 0 saturated heterocycles. The molecule has 0 bridgehead atoms. The van der Waals surface area contributed by atoms with Crippen LogP contribution < -0.4 is 4.74 Å². The van der Waals surface area contributed by atoms with E-state index in [2.05, 4.69) is 0 Å². The van der Waals surface area contributed by atoms with Gasteiger partial charge in [-0.15, -0.1) is 0 Å². The first kappa shape index (κ1) is 16.1. The summed E-state index contributed by atoms with van der Waals surface area (Å²) in [4.78, 5) is 9.97. The molecule has 0 fully saturated rings. The Morgan fingerprint density at radius 1 is 1.18 bits per heavy atom. The Morgan fingerprint density at radius 3 is 2.50 bits per heavy atom. The monoisotopic (exact) mass is 331 g/mol. The highest BCUT2D eigenvalue weighted by Crippen LogP contribution is 2.31. The first-order valence-corrected chi connectivity index (χ1v) is 6.38. The van der Waals surface area contributed by atoms with Crippen LogP contribution >= 0.6 is 11.6 Å². The summed E-state index contributed by atoms with van der Waals surface area (Å²) in [5.74, 6) is 0.157. The molecule has 0 aromatic heterocycles. The van der Waals surface area contributed by atoms with Gasteiger partial charge < -0.3 is 4.74 Å². The summed E-state index contributed by atoms with van der Waals surface area (Å²) in [5.41, 5.74) is -0.663. The fourth-order valence-electron chi connectivity index (χ4n) is 1.72. The van der Waals surface area contributed by atoms with Gasteiger partial charge in [0.2, 0.25) is 0 Å². The van der Waals surface area contributed by atoms with Gasteiger partial charge in [0.25, 0.3) is 5.69 Å². The third kappa shape index (κ3) is 3.88. The Balaban J connectivity index is 2.12. The van der Waals surface area contributed by atoms with E-state index in [1.807, 2.05) is 0 Å². The molecule has 0 radical (unpaired) electrons. The summed E-state index contributed by atoms with van der Waals surface area (Å²) in [6.45, 7) is -0.137. The van der Waals surface area contributed by atoms with Crippen LogP contribution in [-0.2, 0) is 12.8 Å². The average Bonchev–Trinajstić information content (AvgIpc) is 2.45. The molecule has 116 valence electrons. The molecule has 0 heterocycles. The summed E-state index contributed by atoms with van der Waals surface area (Å²) in [6.07, 6.45) is -4.43. The summed E-state index contributed by atoms with van der Waals surface area (Å²) in [7, 11) is 0. The van der Waals surface area contributed by atoms with Crippen LogP contribution in [0.25, 0.3) is 0 Å². The van der Waals surface area contributed by atoms with Crippen LogP contribution in [0.2, 0.25) is 5.02 Å². The molecule has 22 heavy (non-hydrogen) atoms. The lowest BCUT2D eigenvalue weighted by Crippen LogP contribution is -2.06. The Morgan fingerprint density at radius 2 is 1.91 bits per heavy atom. The molecule has 2 aromatic carbocycles. The standard InChI is InChI=1S/C14H9ClF3NO3/c15-12-7-11(19(20)21)4-5-13(12)22-8-9-2-1-3-10(6-9)14(16,17)18/h1-7H,8H2. The molecule has 4 nitrogen and oxygen atoms in total. The molecular weight excluding hydrogens is 323 g/mol. The summed E-state index contributed by atoms with van der Waals surface area (Å²) >= 11 is 5.83. The third-order valence-corrected chi connectivity index (χ3v) is 3.07. The van der Waals surface area contributed by atoms with Crippen LogP contribution in [0, 0.1) is 10.1 Å². The number of benzene rings is 2. The number of rotatable bonds is 4. The number of non-ortho nitro benzene ring substituents is 1. The van der Waals surface area contributed by atoms with E-state index in [9.17, 15) is 23.3 Å². The molecule has 0 saturated carbocycles. The highest BCUT2D eigenvalue weighted by molar-refractivity contribution is 6.32. The Bertz CT molecular complexity index is 704. The molecule has 0 N–H and O–H groups in total. The lowest BCUT2D eigenvalue weighted by atomic mass is 10.1. The molecule has 0 aliphatic carbocycles. The largest absolute Gasteiger partial charge is 0.487 e. The highest BCUT2D eigenvalue weighted by Gasteiger charge is 2.30. The van der Waals surface area contributed by atoms with Crippen LogP contribution in [0.15, 0.2) is 42.5 Å². The SMILES string of the molecule is O=[N+]([O-])c1ccc(OCc2cccc(C(F)(F)F)c2)c(Cl)c1. The van der Waals surface area contributed by atoms with Gasteiger partial charge in [0, 0.05) is 12.1 Å². The van der Waals surface area contributed by atoms with Crippen molar-refractivity contribution in [2.45, 2.75) is 12.8 Å². The van der Waals surface area contributed by atoms with Crippen molar-refractivity contribution >= 4 is 17.3 Å². The second-order valence-corrected chi connectivity index (χ2v) is 4.77. The number of halogens is 4. The molecule has 2 rings (SSSR count). The van der Waals surface area contributed by atoms with Crippen molar-refractivity contribution in [2.24, 2.45) is 0 Å². The Labute approximate surface area is 128 Å². The molecule has 8 heteroatoms. The summed E-state index contributed by atoms with van der Waals surface area (Å²) in [5, 5.41) is 10.6. The molecule has 0 amide bonds. The van der Waals surface area contributed by atoms with E-state index in [1.54, 1.807) is 0 Å². The zero-order valence-corrected chi connectivity index (χ0v) is 11.7. The fourth-order valence-corrected chi connectivity index (χ4v) is 1.95. The lowest BCUT2D eigenvalue weighted by molar-refractivity contribution is -0.384. The maximum Gasteiger partial charge on any atom is 0.416 e. The van der Waals surface area contributed by atoms with Crippen LogP contribution in [0.5, 0.6) is 5.75 Å². The quantitative estimate of drug-likeness (QED) is 0.594. The second kappa shape index (κ2) is 6.23. The van der Waals surface area contributed by atoms with E-state index in [4.69, 9.17) is 16.3 Å². The van der Waals surface area contributed by atoms with Gasteiger partial charge in [0.05, 0.1) is 15.5 Å². The average molecular weight is 332 g/mol. The Hall–Kier alpha value is -2.28. The first-order chi connectivity index (χ1) is 10.3. The molecule has 0 spiro atoms. The van der Waals surface area contributed by atoms with Crippen LogP contribution in [0.1, 0.15) is 11.1 Å². The molecule has 0 aliphatic rings. The van der Waals surface area contributed by atoms with Crippen molar-refractivity contribution in [1.82, 2.24) is 0 Å². The molecular formula is C14H9ClF3NO3. The van der Waals surface area contributed by atoms with Crippen molar-refractivity contribution in [1.29, 1.82) is 0 Å². The molecule has 0 unspecified atom stereocenters. The molecule has 0 atom stereocenters. The van der Waals surface area contributed by atoms with Crippen molar-refractivity contribution in [3.63, 3.8) is 0 Å². The maximum atomic E-state index is 12.6. The van der Waals surface area contributed by atoms with E-state index < -0.39 is 16.7 Å². The number of alkyl halides is 3. The minimum Gasteiger partial charge on any atom is -0.487 e. The summed E-state index contributed by atoms with van der Waals surface area (Å²) in [6, 6.07) is 8.31. The van der Waals surface area contributed by atoms with E-state index in [1.165, 1.54) is 24.3 Å². The van der Waals surface area contributed by atoms with Crippen molar-refractivity contribution in [3.8, 4) is 5.75 Å². The summed E-state index contributed by atoms with van der Waals surface area (Å²) < 4.78 is 43.1. The van der Waals surface area contributed by atoms with Crippen molar-refractivity contribution in [3.05, 3.63) is 68.7 Å². The number of nitro groups is 1. The number of hydrogen-bond acceptors (Lipinski definition) is 3. The van der Waals surface area contributed by atoms with Gasteiger partial charge in [0.15, 0.2) is 0 Å². The van der Waals surface area contributed by atoms with E-state index in [0.717, 1.165) is 18.2 Å². The zero-order chi connectivity index (χ0) is 16.3. The highest BCUT2D eigenvalue weighted by atomic mass is 35.5. The molecule has 2 aromatic rings. The van der Waals surface area contributed by atoms with Gasteiger partial charge in [-0.1, -0.05) is 23.7 Å². The van der Waals surface area contributed by atoms with Gasteiger partial charge in [-0.25, -0.2) is 0 Å². The minimum absolute atomic E-state index is 0.0150. The number of ether oxygens (including phenoxy) is 1. The zero-order valence-electron chi connectivity index (χ0n) is 10.9. The van der Waals surface area contributed by atoms with E-state index in [0.29, 0.717) is 5.56 Å². The van der Waals surface area contributed by atoms with Crippen LogP contribution in [-0.4, -0.2) is 4.92 Å². The van der Waals surface area contributed by atoms with Crippen LogP contribution in [0.3, 0.4) is 0 Å². The van der Waals surface area contributed by atoms with E-state index in [-0.39, 0.29) is 23.1 Å². The van der Waals surface area contributed by atoms with Crippen molar-refractivity contribution in [2.75, 3.05) is 0 Å². The van der Waals surface area contributed by atoms with Gasteiger partial charge in [-0.3, -0.25) is 10.1 Å². The van der Waals surface area contributed by atoms with Gasteiger partial charge >= 0.3 is 6.18 Å². The number of nitrogens with zero attached hydrogens (tertiary/aromatic N) is 1.